The maximum Gasteiger partial charge on any atom is 0.204 e. The molecule has 0 fully saturated rings. The van der Waals surface area contributed by atoms with E-state index in [0.717, 1.165) is 0 Å². The number of phenols is 1. The first-order valence-electron chi connectivity index (χ1n) is 7.00. The van der Waals surface area contributed by atoms with Crippen LogP contribution in [-0.4, -0.2) is 36.3 Å². The number of carbonyl (C=O) groups excluding carboxylic acids is 1. The molecule has 0 radical (unpaired) electrons. The van der Waals surface area contributed by atoms with Gasteiger partial charge >= 0.3 is 0 Å². The third-order valence-electron chi connectivity index (χ3n) is 3.79. The zero-order chi connectivity index (χ0) is 16.6. The molecule has 2 atom stereocenters. The van der Waals surface area contributed by atoms with Gasteiger partial charge in [-0.2, -0.15) is 0 Å². The van der Waals surface area contributed by atoms with Gasteiger partial charge in [-0.1, -0.05) is 30.3 Å². The maximum atomic E-state index is 12.5. The third kappa shape index (κ3) is 2.37. The van der Waals surface area contributed by atoms with Crippen molar-refractivity contribution in [1.82, 2.24) is 0 Å². The normalized spacial score (nSPS) is 19.7. The highest BCUT2D eigenvalue weighted by Crippen LogP contribution is 2.48. The monoisotopic (exact) mass is 316 g/mol. The van der Waals surface area contributed by atoms with Gasteiger partial charge in [0.2, 0.25) is 11.5 Å². The molecule has 1 aliphatic heterocycles. The molecule has 0 spiro atoms. The summed E-state index contributed by atoms with van der Waals surface area (Å²) in [4.78, 5) is 12.5. The van der Waals surface area contributed by atoms with Crippen LogP contribution in [0.4, 0.5) is 0 Å². The van der Waals surface area contributed by atoms with Gasteiger partial charge in [0.25, 0.3) is 0 Å². The first kappa shape index (κ1) is 15.2. The number of fused-ring (bicyclic) bond motifs is 1. The van der Waals surface area contributed by atoms with E-state index in [-0.39, 0.29) is 22.8 Å². The molecule has 0 unspecified atom stereocenters. The zero-order valence-corrected chi connectivity index (χ0v) is 12.6. The van der Waals surface area contributed by atoms with E-state index < -0.39 is 23.7 Å². The Morgan fingerprint density at radius 3 is 2.43 bits per heavy atom. The van der Waals surface area contributed by atoms with E-state index in [4.69, 9.17) is 14.2 Å². The lowest BCUT2D eigenvalue weighted by Crippen LogP contribution is -2.36. The maximum absolute atomic E-state index is 12.5. The number of ketones is 1. The fourth-order valence-corrected chi connectivity index (χ4v) is 2.66. The van der Waals surface area contributed by atoms with Crippen LogP contribution < -0.4 is 14.2 Å². The van der Waals surface area contributed by atoms with Crippen LogP contribution in [0, 0.1) is 0 Å². The van der Waals surface area contributed by atoms with E-state index in [0.29, 0.717) is 5.56 Å². The summed E-state index contributed by atoms with van der Waals surface area (Å²) in [5, 5.41) is 20.6. The minimum Gasteiger partial charge on any atom is -0.504 e. The van der Waals surface area contributed by atoms with Crippen LogP contribution in [0.5, 0.6) is 23.0 Å². The summed E-state index contributed by atoms with van der Waals surface area (Å²) >= 11 is 0. The van der Waals surface area contributed by atoms with E-state index in [2.05, 4.69) is 0 Å². The molecule has 0 aromatic heterocycles. The van der Waals surface area contributed by atoms with Crippen molar-refractivity contribution in [3.63, 3.8) is 0 Å². The molecule has 2 N–H and O–H groups in total. The van der Waals surface area contributed by atoms with Crippen LogP contribution in [0.15, 0.2) is 36.4 Å². The Balaban J connectivity index is 2.13. The number of carbonyl (C=O) groups is 1. The standard InChI is InChI=1S/C17H16O6/c1-21-11-8-10-12(14(19)17(11)22-2)13(18)15(20)16(23-10)9-6-4-3-5-7-9/h3-8,15-16,19-20H,1-2H3/t15-,16+/m0/s1. The van der Waals surface area contributed by atoms with Crippen molar-refractivity contribution < 1.29 is 29.2 Å². The predicted molar refractivity (Wildman–Crippen MR) is 81.4 cm³/mol. The number of aliphatic hydroxyl groups excluding tert-OH is 1. The van der Waals surface area contributed by atoms with Gasteiger partial charge in [-0.05, 0) is 5.56 Å². The average molecular weight is 316 g/mol. The van der Waals surface area contributed by atoms with Gasteiger partial charge in [0.1, 0.15) is 11.3 Å². The summed E-state index contributed by atoms with van der Waals surface area (Å²) in [5.74, 6) is -0.631. The van der Waals surface area contributed by atoms with Crippen molar-refractivity contribution in [2.75, 3.05) is 14.2 Å². The fourth-order valence-electron chi connectivity index (χ4n) is 2.66. The van der Waals surface area contributed by atoms with Crippen molar-refractivity contribution in [3.8, 4) is 23.0 Å². The lowest BCUT2D eigenvalue weighted by atomic mass is 9.92. The van der Waals surface area contributed by atoms with Gasteiger partial charge in [-0.3, -0.25) is 4.79 Å². The SMILES string of the molecule is COc1cc2c(c(O)c1OC)C(=O)[C@H](O)[C@@H](c1ccccc1)O2. The largest absolute Gasteiger partial charge is 0.504 e. The van der Waals surface area contributed by atoms with Gasteiger partial charge in [-0.15, -0.1) is 0 Å². The number of benzene rings is 2. The highest BCUT2D eigenvalue weighted by atomic mass is 16.5. The molecule has 23 heavy (non-hydrogen) atoms. The fraction of sp³-hybridized carbons (Fsp3) is 0.235. The lowest BCUT2D eigenvalue weighted by Gasteiger charge is -2.30. The quantitative estimate of drug-likeness (QED) is 0.902. The summed E-state index contributed by atoms with van der Waals surface area (Å²) in [6.07, 6.45) is -2.28. The summed E-state index contributed by atoms with van der Waals surface area (Å²) in [7, 11) is 2.76. The Hall–Kier alpha value is -2.73. The number of rotatable bonds is 3. The number of aromatic hydroxyl groups is 1. The highest BCUT2D eigenvalue weighted by molar-refractivity contribution is 6.06. The lowest BCUT2D eigenvalue weighted by molar-refractivity contribution is 0.0209. The molecule has 0 saturated carbocycles. The first-order chi connectivity index (χ1) is 11.1. The highest BCUT2D eigenvalue weighted by Gasteiger charge is 2.40. The number of Topliss-reactive ketones (excluding diaryl/α,β-unsaturated/α-hetero) is 1. The van der Waals surface area contributed by atoms with Crippen molar-refractivity contribution in [2.24, 2.45) is 0 Å². The van der Waals surface area contributed by atoms with Crippen LogP contribution in [0.2, 0.25) is 0 Å². The number of phenolic OH excluding ortho intramolecular Hbond substituents is 1. The topological polar surface area (TPSA) is 85.2 Å². The second kappa shape index (κ2) is 5.81. The van der Waals surface area contributed by atoms with Crippen LogP contribution >= 0.6 is 0 Å². The number of methoxy groups -OCH3 is 2. The van der Waals surface area contributed by atoms with Crippen LogP contribution in [0.3, 0.4) is 0 Å². The van der Waals surface area contributed by atoms with Gasteiger partial charge in [0.05, 0.1) is 14.2 Å². The summed E-state index contributed by atoms with van der Waals surface area (Å²) in [5.41, 5.74) is 0.551. The molecule has 120 valence electrons. The van der Waals surface area contributed by atoms with E-state index >= 15 is 0 Å². The molecule has 2 aromatic rings. The van der Waals surface area contributed by atoms with E-state index in [1.54, 1.807) is 24.3 Å². The Labute approximate surface area is 132 Å². The molecular formula is C17H16O6. The summed E-state index contributed by atoms with van der Waals surface area (Å²) in [6, 6.07) is 10.4. The van der Waals surface area contributed by atoms with Crippen molar-refractivity contribution in [2.45, 2.75) is 12.2 Å². The molecule has 6 heteroatoms. The molecule has 0 saturated heterocycles. The molecule has 0 amide bonds. The Kier molecular flexibility index (Phi) is 3.83. The van der Waals surface area contributed by atoms with Gasteiger partial charge in [-0.25, -0.2) is 0 Å². The third-order valence-corrected chi connectivity index (χ3v) is 3.79. The molecular weight excluding hydrogens is 300 g/mol. The van der Waals surface area contributed by atoms with Crippen molar-refractivity contribution in [1.29, 1.82) is 0 Å². The smallest absolute Gasteiger partial charge is 0.204 e. The predicted octanol–water partition coefficient (Wildman–Crippen LogP) is 2.09. The molecule has 2 aromatic carbocycles. The number of hydrogen-bond donors (Lipinski definition) is 2. The molecule has 1 aliphatic rings. The van der Waals surface area contributed by atoms with Crippen molar-refractivity contribution in [3.05, 3.63) is 47.5 Å². The van der Waals surface area contributed by atoms with E-state index in [9.17, 15) is 15.0 Å². The molecule has 6 nitrogen and oxygen atoms in total. The number of hydrogen-bond acceptors (Lipinski definition) is 6. The molecule has 0 bridgehead atoms. The first-order valence-corrected chi connectivity index (χ1v) is 7.00. The van der Waals surface area contributed by atoms with Gasteiger partial charge in [0, 0.05) is 6.07 Å². The second-order valence-electron chi connectivity index (χ2n) is 5.09. The average Bonchev–Trinajstić information content (AvgIpc) is 2.58. The molecule has 1 heterocycles. The Bertz CT molecular complexity index is 740. The minimum atomic E-state index is -1.42. The summed E-state index contributed by atoms with van der Waals surface area (Å²) in [6.45, 7) is 0. The molecule has 0 aliphatic carbocycles. The Morgan fingerprint density at radius 2 is 1.83 bits per heavy atom. The minimum absolute atomic E-state index is 0.0218. The molecule has 3 rings (SSSR count). The van der Waals surface area contributed by atoms with Crippen LogP contribution in [0.25, 0.3) is 0 Å². The van der Waals surface area contributed by atoms with Crippen LogP contribution in [0.1, 0.15) is 22.0 Å². The Morgan fingerprint density at radius 1 is 1.13 bits per heavy atom. The van der Waals surface area contributed by atoms with Crippen LogP contribution in [-0.2, 0) is 0 Å². The summed E-state index contributed by atoms with van der Waals surface area (Å²) < 4.78 is 16.0. The van der Waals surface area contributed by atoms with E-state index in [1.165, 1.54) is 20.3 Å². The zero-order valence-electron chi connectivity index (χ0n) is 12.6. The van der Waals surface area contributed by atoms with Crippen molar-refractivity contribution >= 4 is 5.78 Å². The van der Waals surface area contributed by atoms with Gasteiger partial charge in [0.15, 0.2) is 23.7 Å². The van der Waals surface area contributed by atoms with Gasteiger partial charge < -0.3 is 24.4 Å². The number of aliphatic hydroxyl groups is 1. The van der Waals surface area contributed by atoms with E-state index in [1.807, 2.05) is 6.07 Å². The number of ether oxygens (including phenoxy) is 3. The second-order valence-corrected chi connectivity index (χ2v) is 5.09.